The summed E-state index contributed by atoms with van der Waals surface area (Å²) < 4.78 is 37.8. The molecule has 0 spiro atoms. The molecule has 0 bridgehead atoms. The molecule has 3 rings (SSSR count). The minimum Gasteiger partial charge on any atom is -0.497 e. The second kappa shape index (κ2) is 13.8. The van der Waals surface area contributed by atoms with Gasteiger partial charge in [0.2, 0.25) is 21.8 Å². The van der Waals surface area contributed by atoms with E-state index < -0.39 is 28.5 Å². The summed E-state index contributed by atoms with van der Waals surface area (Å²) in [4.78, 5) is 29.0. The van der Waals surface area contributed by atoms with Crippen molar-refractivity contribution in [3.63, 3.8) is 0 Å². The van der Waals surface area contributed by atoms with Crippen molar-refractivity contribution < 1.29 is 27.5 Å². The Morgan fingerprint density at radius 2 is 1.62 bits per heavy atom. The van der Waals surface area contributed by atoms with Gasteiger partial charge in [-0.2, -0.15) is 0 Å². The number of hydrogen-bond acceptors (Lipinski definition) is 6. The molecule has 0 radical (unpaired) electrons. The zero-order valence-corrected chi connectivity index (χ0v) is 24.4. The third-order valence-corrected chi connectivity index (χ3v) is 7.52. The Morgan fingerprint density at radius 3 is 2.23 bits per heavy atom. The highest BCUT2D eigenvalue weighted by atomic mass is 32.2. The fourth-order valence-corrected chi connectivity index (χ4v) is 5.28. The second-order valence-electron chi connectivity index (χ2n) is 9.42. The van der Waals surface area contributed by atoms with Crippen molar-refractivity contribution in [2.45, 2.75) is 32.9 Å². The number of aryl methyl sites for hydroxylation is 1. The average molecular weight is 568 g/mol. The molecule has 10 heteroatoms. The van der Waals surface area contributed by atoms with Gasteiger partial charge in [0, 0.05) is 25.6 Å². The molecule has 9 nitrogen and oxygen atoms in total. The normalized spacial score (nSPS) is 11.8. The maximum Gasteiger partial charge on any atom is 0.244 e. The molecule has 0 saturated carbocycles. The molecule has 3 aromatic rings. The van der Waals surface area contributed by atoms with Crippen LogP contribution in [0.1, 0.15) is 23.6 Å². The Kier molecular flexibility index (Phi) is 10.6. The lowest BCUT2D eigenvalue weighted by Crippen LogP contribution is -2.53. The molecular formula is C30H37N3O6S. The highest BCUT2D eigenvalue weighted by Crippen LogP contribution is 2.34. The Morgan fingerprint density at radius 1 is 0.925 bits per heavy atom. The van der Waals surface area contributed by atoms with E-state index in [0.29, 0.717) is 12.3 Å². The van der Waals surface area contributed by atoms with E-state index in [4.69, 9.17) is 9.47 Å². The van der Waals surface area contributed by atoms with Gasteiger partial charge in [-0.25, -0.2) is 8.42 Å². The van der Waals surface area contributed by atoms with E-state index >= 15 is 0 Å². The number of carbonyl (C=O) groups excluding carboxylic acids is 2. The number of amides is 2. The summed E-state index contributed by atoms with van der Waals surface area (Å²) in [6, 6.07) is 20.9. The van der Waals surface area contributed by atoms with Crippen LogP contribution in [0.25, 0.3) is 0 Å². The Labute approximate surface area is 236 Å². The predicted molar refractivity (Wildman–Crippen MR) is 156 cm³/mol. The zero-order valence-electron chi connectivity index (χ0n) is 23.6. The Balaban J connectivity index is 2.09. The summed E-state index contributed by atoms with van der Waals surface area (Å²) >= 11 is 0. The molecule has 1 N–H and O–H groups in total. The van der Waals surface area contributed by atoms with E-state index in [1.165, 1.54) is 25.2 Å². The van der Waals surface area contributed by atoms with E-state index in [0.717, 1.165) is 27.3 Å². The van der Waals surface area contributed by atoms with Crippen LogP contribution in [-0.2, 0) is 32.6 Å². The third-order valence-electron chi connectivity index (χ3n) is 6.39. The van der Waals surface area contributed by atoms with Crippen LogP contribution in [0.3, 0.4) is 0 Å². The number of carbonyl (C=O) groups is 2. The molecule has 214 valence electrons. The predicted octanol–water partition coefficient (Wildman–Crippen LogP) is 3.55. The molecule has 0 saturated heterocycles. The molecule has 0 heterocycles. The van der Waals surface area contributed by atoms with Gasteiger partial charge in [-0.3, -0.25) is 13.9 Å². The lowest BCUT2D eigenvalue weighted by molar-refractivity contribution is -0.140. The summed E-state index contributed by atoms with van der Waals surface area (Å²) in [7, 11) is -1.07. The smallest absolute Gasteiger partial charge is 0.244 e. The number of benzene rings is 3. The van der Waals surface area contributed by atoms with Gasteiger partial charge in [-0.15, -0.1) is 0 Å². The van der Waals surface area contributed by atoms with Crippen molar-refractivity contribution in [3.05, 3.63) is 89.5 Å². The maximum absolute atomic E-state index is 14.1. The quantitative estimate of drug-likeness (QED) is 0.339. The summed E-state index contributed by atoms with van der Waals surface area (Å²) in [5.74, 6) is -0.201. The zero-order chi connectivity index (χ0) is 29.3. The van der Waals surface area contributed by atoms with Crippen LogP contribution in [-0.4, -0.2) is 64.7 Å². The summed E-state index contributed by atoms with van der Waals surface area (Å²) in [6.45, 7) is 3.71. The van der Waals surface area contributed by atoms with Crippen LogP contribution in [0.2, 0.25) is 0 Å². The molecule has 0 aromatic heterocycles. The van der Waals surface area contributed by atoms with Gasteiger partial charge in [-0.1, -0.05) is 60.2 Å². The SMILES string of the molecule is CCNC(=O)[C@@H](Cc1ccccc1)N(Cc1cccc(C)c1)C(=O)CN(c1cc(OC)ccc1OC)S(C)(=O)=O. The first-order chi connectivity index (χ1) is 19.1. The lowest BCUT2D eigenvalue weighted by atomic mass is 10.0. The van der Waals surface area contributed by atoms with Crippen molar-refractivity contribution in [2.75, 3.05) is 37.9 Å². The molecule has 3 aromatic carbocycles. The minimum absolute atomic E-state index is 0.113. The topological polar surface area (TPSA) is 105 Å². The minimum atomic E-state index is -3.95. The Hall–Kier alpha value is -4.05. The van der Waals surface area contributed by atoms with Gasteiger partial charge in [0.05, 0.1) is 26.2 Å². The number of methoxy groups -OCH3 is 2. The maximum atomic E-state index is 14.1. The first kappa shape index (κ1) is 30.5. The number of hydrogen-bond donors (Lipinski definition) is 1. The molecule has 0 fully saturated rings. The van der Waals surface area contributed by atoms with Gasteiger partial charge in [0.15, 0.2) is 0 Å². The van der Waals surface area contributed by atoms with Gasteiger partial charge >= 0.3 is 0 Å². The lowest BCUT2D eigenvalue weighted by Gasteiger charge is -2.33. The average Bonchev–Trinajstić information content (AvgIpc) is 2.93. The van der Waals surface area contributed by atoms with Gasteiger partial charge in [0.25, 0.3) is 0 Å². The van der Waals surface area contributed by atoms with Crippen molar-refractivity contribution in [1.82, 2.24) is 10.2 Å². The molecule has 0 aliphatic heterocycles. The molecule has 2 amide bonds. The third kappa shape index (κ3) is 7.98. The van der Waals surface area contributed by atoms with Gasteiger partial charge in [0.1, 0.15) is 24.1 Å². The fraction of sp³-hybridized carbons (Fsp3) is 0.333. The fourth-order valence-electron chi connectivity index (χ4n) is 4.44. The number of nitrogens with zero attached hydrogens (tertiary/aromatic N) is 2. The number of likely N-dealkylation sites (N-methyl/N-ethyl adjacent to an activating group) is 1. The van der Waals surface area contributed by atoms with Crippen molar-refractivity contribution >= 4 is 27.5 Å². The first-order valence-corrected chi connectivity index (χ1v) is 14.8. The highest BCUT2D eigenvalue weighted by Gasteiger charge is 2.33. The number of sulfonamides is 1. The summed E-state index contributed by atoms with van der Waals surface area (Å²) in [5, 5.41) is 2.85. The van der Waals surface area contributed by atoms with Crippen LogP contribution < -0.4 is 19.1 Å². The monoisotopic (exact) mass is 567 g/mol. The van der Waals surface area contributed by atoms with E-state index in [2.05, 4.69) is 5.32 Å². The number of anilines is 1. The second-order valence-corrected chi connectivity index (χ2v) is 11.3. The van der Waals surface area contributed by atoms with Crippen molar-refractivity contribution in [2.24, 2.45) is 0 Å². The molecule has 0 aliphatic carbocycles. The standard InChI is InChI=1S/C30H37N3O6S/c1-6-31-30(35)27(18-23-12-8-7-9-13-23)32(20-24-14-10-11-22(2)17-24)29(34)21-33(40(5,36)37)26-19-25(38-3)15-16-28(26)39-4/h7-17,19,27H,6,18,20-21H2,1-5H3,(H,31,35)/t27-/m1/s1. The van der Waals surface area contributed by atoms with Gasteiger partial charge < -0.3 is 19.7 Å². The molecule has 0 unspecified atom stereocenters. The molecular weight excluding hydrogens is 530 g/mol. The number of ether oxygens (including phenoxy) is 2. The van der Waals surface area contributed by atoms with E-state index in [-0.39, 0.29) is 30.3 Å². The molecule has 40 heavy (non-hydrogen) atoms. The molecule has 1 atom stereocenters. The highest BCUT2D eigenvalue weighted by molar-refractivity contribution is 7.92. The van der Waals surface area contributed by atoms with Crippen molar-refractivity contribution in [3.8, 4) is 11.5 Å². The summed E-state index contributed by atoms with van der Waals surface area (Å²) in [6.07, 6.45) is 1.28. The number of nitrogens with one attached hydrogen (secondary N) is 1. The van der Waals surface area contributed by atoms with Crippen LogP contribution in [0.4, 0.5) is 5.69 Å². The van der Waals surface area contributed by atoms with Crippen LogP contribution in [0.5, 0.6) is 11.5 Å². The molecule has 0 aliphatic rings. The van der Waals surface area contributed by atoms with E-state index in [1.54, 1.807) is 12.1 Å². The van der Waals surface area contributed by atoms with Crippen LogP contribution in [0, 0.1) is 6.92 Å². The van der Waals surface area contributed by atoms with Gasteiger partial charge in [-0.05, 0) is 37.1 Å². The first-order valence-electron chi connectivity index (χ1n) is 12.9. The summed E-state index contributed by atoms with van der Waals surface area (Å²) in [5.41, 5.74) is 2.85. The van der Waals surface area contributed by atoms with E-state index in [9.17, 15) is 18.0 Å². The largest absolute Gasteiger partial charge is 0.497 e. The van der Waals surface area contributed by atoms with E-state index in [1.807, 2.05) is 68.4 Å². The van der Waals surface area contributed by atoms with Crippen molar-refractivity contribution in [1.29, 1.82) is 0 Å². The van der Waals surface area contributed by atoms with Crippen LogP contribution in [0.15, 0.2) is 72.8 Å². The Bertz CT molecular complexity index is 1410. The number of rotatable bonds is 13. The van der Waals surface area contributed by atoms with Crippen LogP contribution >= 0.6 is 0 Å².